The third-order valence-electron chi connectivity index (χ3n) is 2.16. The van der Waals surface area contributed by atoms with Crippen LogP contribution in [0.25, 0.3) is 0 Å². The third kappa shape index (κ3) is 3.42. The molecule has 0 bridgehead atoms. The molecule has 0 unspecified atom stereocenters. The van der Waals surface area contributed by atoms with E-state index >= 15 is 0 Å². The maximum Gasteiger partial charge on any atom is 0.418 e. The van der Waals surface area contributed by atoms with E-state index in [1.807, 2.05) is 0 Å². The number of carboxylic acids is 1. The molecule has 0 radical (unpaired) electrons. The Morgan fingerprint density at radius 2 is 2.00 bits per heavy atom. The van der Waals surface area contributed by atoms with Gasteiger partial charge in [-0.25, -0.2) is 0 Å². The van der Waals surface area contributed by atoms with Gasteiger partial charge in [0.25, 0.3) is 0 Å². The number of carbonyl (C=O) groups is 1. The van der Waals surface area contributed by atoms with Crippen molar-refractivity contribution in [1.29, 1.82) is 0 Å². The summed E-state index contributed by atoms with van der Waals surface area (Å²) in [5, 5.41) is 8.67. The number of halogens is 3. The molecule has 96 valence electrons. The minimum Gasteiger partial charge on any atom is -0.480 e. The number of benzene rings is 1. The van der Waals surface area contributed by atoms with Crippen molar-refractivity contribution >= 4 is 11.7 Å². The first-order chi connectivity index (χ1) is 8.36. The molecule has 18 heavy (non-hydrogen) atoms. The number of carboxylic acid groups (broad SMARTS) is 1. The first-order valence-corrected chi connectivity index (χ1v) is 4.92. The van der Waals surface area contributed by atoms with E-state index in [-0.39, 0.29) is 12.2 Å². The fourth-order valence-electron chi connectivity index (χ4n) is 1.49. The molecule has 0 aliphatic carbocycles. The van der Waals surface area contributed by atoms with E-state index in [9.17, 15) is 18.0 Å². The van der Waals surface area contributed by atoms with Gasteiger partial charge in [0.1, 0.15) is 6.54 Å². The minimum atomic E-state index is -4.55. The highest BCUT2D eigenvalue weighted by Crippen LogP contribution is 2.36. The van der Waals surface area contributed by atoms with Crippen LogP contribution in [0.1, 0.15) is 5.56 Å². The standard InChI is InChI=1S/C12H10F3NO2/c1-2-7-16(8-11(17)18)10-6-4-3-5-9(10)12(13,14)15/h1,3-6H,7-8H2,(H,17,18). The predicted molar refractivity (Wildman–Crippen MR) is 60.1 cm³/mol. The lowest BCUT2D eigenvalue weighted by molar-refractivity contribution is -0.138. The first kappa shape index (κ1) is 13.9. The molecule has 0 amide bonds. The van der Waals surface area contributed by atoms with E-state index < -0.39 is 24.3 Å². The van der Waals surface area contributed by atoms with Crippen molar-refractivity contribution in [2.45, 2.75) is 6.18 Å². The summed E-state index contributed by atoms with van der Waals surface area (Å²) in [5.41, 5.74) is -1.13. The molecule has 3 nitrogen and oxygen atoms in total. The van der Waals surface area contributed by atoms with Crippen molar-refractivity contribution < 1.29 is 23.1 Å². The van der Waals surface area contributed by atoms with Crippen LogP contribution in [0.3, 0.4) is 0 Å². The zero-order chi connectivity index (χ0) is 13.8. The fourth-order valence-corrected chi connectivity index (χ4v) is 1.49. The Morgan fingerprint density at radius 3 is 2.50 bits per heavy atom. The Balaban J connectivity index is 3.20. The van der Waals surface area contributed by atoms with Crippen LogP contribution < -0.4 is 4.90 Å². The zero-order valence-electron chi connectivity index (χ0n) is 9.24. The highest BCUT2D eigenvalue weighted by Gasteiger charge is 2.34. The van der Waals surface area contributed by atoms with Crippen molar-refractivity contribution in [3.63, 3.8) is 0 Å². The average molecular weight is 257 g/mol. The van der Waals surface area contributed by atoms with E-state index in [0.717, 1.165) is 11.0 Å². The van der Waals surface area contributed by atoms with Crippen LogP contribution in [0, 0.1) is 12.3 Å². The number of rotatable bonds is 4. The summed E-state index contributed by atoms with van der Waals surface area (Å²) in [6.07, 6.45) is 0.482. The van der Waals surface area contributed by atoms with Gasteiger partial charge in [0.15, 0.2) is 0 Å². The Labute approximate surface area is 102 Å². The zero-order valence-corrected chi connectivity index (χ0v) is 9.24. The number of terminal acetylenes is 1. The highest BCUT2D eigenvalue weighted by molar-refractivity contribution is 5.74. The lowest BCUT2D eigenvalue weighted by Gasteiger charge is -2.24. The van der Waals surface area contributed by atoms with Gasteiger partial charge in [-0.15, -0.1) is 6.42 Å². The molecule has 0 aliphatic heterocycles. The Bertz CT molecular complexity index is 477. The van der Waals surface area contributed by atoms with E-state index in [2.05, 4.69) is 5.92 Å². The summed E-state index contributed by atoms with van der Waals surface area (Å²) in [6.45, 7) is -0.795. The molecular formula is C12H10F3NO2. The summed E-state index contributed by atoms with van der Waals surface area (Å²) in [5.74, 6) is 0.898. The van der Waals surface area contributed by atoms with Crippen LogP contribution >= 0.6 is 0 Å². The van der Waals surface area contributed by atoms with E-state index in [1.54, 1.807) is 0 Å². The van der Waals surface area contributed by atoms with Crippen molar-refractivity contribution in [2.24, 2.45) is 0 Å². The smallest absolute Gasteiger partial charge is 0.418 e. The molecule has 1 rings (SSSR count). The molecule has 0 spiro atoms. The molecule has 0 aliphatic rings. The number of hydrogen-bond donors (Lipinski definition) is 1. The maximum absolute atomic E-state index is 12.8. The molecular weight excluding hydrogens is 247 g/mol. The second-order valence-electron chi connectivity index (χ2n) is 3.47. The fraction of sp³-hybridized carbons (Fsp3) is 0.250. The molecule has 1 aromatic rings. The number of nitrogens with zero attached hydrogens (tertiary/aromatic N) is 1. The Kier molecular flexibility index (Phi) is 4.21. The summed E-state index contributed by atoms with van der Waals surface area (Å²) in [6, 6.07) is 4.72. The SMILES string of the molecule is C#CCN(CC(=O)O)c1ccccc1C(F)(F)F. The van der Waals surface area contributed by atoms with Gasteiger partial charge in [0.05, 0.1) is 17.8 Å². The van der Waals surface area contributed by atoms with Gasteiger partial charge in [0, 0.05) is 0 Å². The largest absolute Gasteiger partial charge is 0.480 e. The first-order valence-electron chi connectivity index (χ1n) is 4.92. The summed E-state index contributed by atoms with van der Waals surface area (Å²) in [7, 11) is 0. The van der Waals surface area contributed by atoms with Crippen LogP contribution in [0.5, 0.6) is 0 Å². The Hall–Kier alpha value is -2.16. The van der Waals surface area contributed by atoms with Gasteiger partial charge >= 0.3 is 12.1 Å². The normalized spacial score (nSPS) is 10.8. The molecule has 6 heteroatoms. The lowest BCUT2D eigenvalue weighted by atomic mass is 10.1. The maximum atomic E-state index is 12.8. The average Bonchev–Trinajstić information content (AvgIpc) is 2.27. The van der Waals surface area contributed by atoms with Gasteiger partial charge in [-0.1, -0.05) is 18.1 Å². The van der Waals surface area contributed by atoms with Crippen molar-refractivity contribution in [3.8, 4) is 12.3 Å². The molecule has 0 heterocycles. The quantitative estimate of drug-likeness (QED) is 0.841. The number of hydrogen-bond acceptors (Lipinski definition) is 2. The van der Waals surface area contributed by atoms with E-state index in [0.29, 0.717) is 0 Å². The molecule has 1 aromatic carbocycles. The molecule has 1 N–H and O–H groups in total. The predicted octanol–water partition coefficient (Wildman–Crippen LogP) is 2.23. The van der Waals surface area contributed by atoms with Gasteiger partial charge < -0.3 is 10.0 Å². The number of aliphatic carboxylic acids is 1. The lowest BCUT2D eigenvalue weighted by Crippen LogP contribution is -2.31. The van der Waals surface area contributed by atoms with Crippen LogP contribution in [0.4, 0.5) is 18.9 Å². The number of anilines is 1. The van der Waals surface area contributed by atoms with Crippen LogP contribution in [0.15, 0.2) is 24.3 Å². The topological polar surface area (TPSA) is 40.5 Å². The summed E-state index contributed by atoms with van der Waals surface area (Å²) in [4.78, 5) is 11.6. The number of para-hydroxylation sites is 1. The van der Waals surface area contributed by atoms with Crippen molar-refractivity contribution in [2.75, 3.05) is 18.0 Å². The van der Waals surface area contributed by atoms with Crippen LogP contribution in [-0.2, 0) is 11.0 Å². The van der Waals surface area contributed by atoms with Gasteiger partial charge in [-0.2, -0.15) is 13.2 Å². The second kappa shape index (κ2) is 5.45. The van der Waals surface area contributed by atoms with E-state index in [4.69, 9.17) is 11.5 Å². The van der Waals surface area contributed by atoms with Gasteiger partial charge in [-0.05, 0) is 12.1 Å². The summed E-state index contributed by atoms with van der Waals surface area (Å²) < 4.78 is 38.3. The minimum absolute atomic E-state index is 0.209. The molecule has 0 saturated carbocycles. The van der Waals surface area contributed by atoms with Gasteiger partial charge in [-0.3, -0.25) is 4.79 Å². The van der Waals surface area contributed by atoms with Crippen LogP contribution in [0.2, 0.25) is 0 Å². The number of alkyl halides is 3. The second-order valence-corrected chi connectivity index (χ2v) is 3.47. The third-order valence-corrected chi connectivity index (χ3v) is 2.16. The van der Waals surface area contributed by atoms with Crippen molar-refractivity contribution in [1.82, 2.24) is 0 Å². The van der Waals surface area contributed by atoms with Crippen LogP contribution in [-0.4, -0.2) is 24.2 Å². The summed E-state index contributed by atoms with van der Waals surface area (Å²) >= 11 is 0. The molecule has 0 aromatic heterocycles. The van der Waals surface area contributed by atoms with Gasteiger partial charge in [0.2, 0.25) is 0 Å². The molecule has 0 fully saturated rings. The van der Waals surface area contributed by atoms with E-state index in [1.165, 1.54) is 18.2 Å². The molecule has 0 atom stereocenters. The van der Waals surface area contributed by atoms with Crippen molar-refractivity contribution in [3.05, 3.63) is 29.8 Å². The Morgan fingerprint density at radius 1 is 1.39 bits per heavy atom. The molecule has 0 saturated heterocycles. The monoisotopic (exact) mass is 257 g/mol. The highest BCUT2D eigenvalue weighted by atomic mass is 19.4.